The number of carboxylic acids is 1. The Balaban J connectivity index is 1.94. The standard InChI is InChI=1S/C13H18N2O4/c1-2-8-4-3-5-9(6-8)14-12(16)10-7-11(13(17)18)19-15-10/h7-9H,2-6H2,1H3,(H,14,16)(H,17,18). The van der Waals surface area contributed by atoms with Crippen molar-refractivity contribution in [1.29, 1.82) is 0 Å². The maximum absolute atomic E-state index is 11.9. The Morgan fingerprint density at radius 1 is 1.53 bits per heavy atom. The average molecular weight is 266 g/mol. The molecule has 2 N–H and O–H groups in total. The van der Waals surface area contributed by atoms with Crippen molar-refractivity contribution >= 4 is 11.9 Å². The molecule has 0 saturated heterocycles. The number of rotatable bonds is 4. The van der Waals surface area contributed by atoms with Crippen molar-refractivity contribution in [2.75, 3.05) is 0 Å². The molecule has 1 aromatic heterocycles. The summed E-state index contributed by atoms with van der Waals surface area (Å²) < 4.78 is 4.57. The lowest BCUT2D eigenvalue weighted by atomic mass is 9.84. The van der Waals surface area contributed by atoms with Crippen LogP contribution in [0.15, 0.2) is 10.6 Å². The van der Waals surface area contributed by atoms with E-state index in [0.717, 1.165) is 31.7 Å². The van der Waals surface area contributed by atoms with Gasteiger partial charge < -0.3 is 14.9 Å². The SMILES string of the molecule is CCC1CCCC(NC(=O)c2cc(C(=O)O)on2)C1. The lowest BCUT2D eigenvalue weighted by Gasteiger charge is -2.28. The molecule has 0 aromatic carbocycles. The third-order valence-electron chi connectivity index (χ3n) is 3.65. The molecular weight excluding hydrogens is 248 g/mol. The van der Waals surface area contributed by atoms with Gasteiger partial charge in [0.1, 0.15) is 0 Å². The van der Waals surface area contributed by atoms with Crippen LogP contribution in [0, 0.1) is 5.92 Å². The van der Waals surface area contributed by atoms with Gasteiger partial charge in [-0.05, 0) is 18.8 Å². The predicted molar refractivity (Wildman–Crippen MR) is 67.0 cm³/mol. The Morgan fingerprint density at radius 2 is 2.32 bits per heavy atom. The fraction of sp³-hybridized carbons (Fsp3) is 0.615. The van der Waals surface area contributed by atoms with Crippen molar-refractivity contribution in [1.82, 2.24) is 10.5 Å². The second-order valence-electron chi connectivity index (χ2n) is 4.99. The minimum Gasteiger partial charge on any atom is -0.475 e. The van der Waals surface area contributed by atoms with E-state index in [4.69, 9.17) is 5.11 Å². The van der Waals surface area contributed by atoms with Crippen molar-refractivity contribution in [3.05, 3.63) is 17.5 Å². The van der Waals surface area contributed by atoms with Gasteiger partial charge in [-0.3, -0.25) is 4.79 Å². The predicted octanol–water partition coefficient (Wildman–Crippen LogP) is 2.07. The number of aromatic nitrogens is 1. The molecule has 2 rings (SSSR count). The van der Waals surface area contributed by atoms with E-state index in [9.17, 15) is 9.59 Å². The number of carboxylic acid groups (broad SMARTS) is 1. The first kappa shape index (κ1) is 13.6. The van der Waals surface area contributed by atoms with Crippen molar-refractivity contribution in [3.8, 4) is 0 Å². The van der Waals surface area contributed by atoms with Gasteiger partial charge in [0.2, 0.25) is 5.76 Å². The van der Waals surface area contributed by atoms with Crippen molar-refractivity contribution in [2.24, 2.45) is 5.92 Å². The first-order valence-corrected chi connectivity index (χ1v) is 6.61. The van der Waals surface area contributed by atoms with Crippen LogP contribution >= 0.6 is 0 Å². The second-order valence-corrected chi connectivity index (χ2v) is 4.99. The molecule has 1 aliphatic carbocycles. The van der Waals surface area contributed by atoms with Crippen molar-refractivity contribution in [3.63, 3.8) is 0 Å². The summed E-state index contributed by atoms with van der Waals surface area (Å²) in [4.78, 5) is 22.6. The maximum atomic E-state index is 11.9. The number of amides is 1. The van der Waals surface area contributed by atoms with E-state index in [2.05, 4.69) is 21.9 Å². The molecule has 1 saturated carbocycles. The van der Waals surface area contributed by atoms with Gasteiger partial charge in [0.05, 0.1) is 0 Å². The molecule has 2 atom stereocenters. The van der Waals surface area contributed by atoms with Gasteiger partial charge >= 0.3 is 5.97 Å². The van der Waals surface area contributed by atoms with E-state index in [0.29, 0.717) is 5.92 Å². The minimum absolute atomic E-state index is 0.0241. The normalized spacial score (nSPS) is 23.0. The molecule has 1 amide bonds. The fourth-order valence-electron chi connectivity index (χ4n) is 2.54. The van der Waals surface area contributed by atoms with E-state index >= 15 is 0 Å². The van der Waals surface area contributed by atoms with Gasteiger partial charge in [-0.1, -0.05) is 31.3 Å². The lowest BCUT2D eigenvalue weighted by Crippen LogP contribution is -2.38. The number of hydrogen-bond acceptors (Lipinski definition) is 4. The molecule has 0 radical (unpaired) electrons. The highest BCUT2D eigenvalue weighted by Crippen LogP contribution is 2.26. The summed E-state index contributed by atoms with van der Waals surface area (Å²) in [6.45, 7) is 2.16. The lowest BCUT2D eigenvalue weighted by molar-refractivity contribution is 0.0650. The van der Waals surface area contributed by atoms with Crippen LogP contribution < -0.4 is 5.32 Å². The second kappa shape index (κ2) is 5.86. The Kier molecular flexibility index (Phi) is 4.19. The quantitative estimate of drug-likeness (QED) is 0.870. The van der Waals surface area contributed by atoms with Gasteiger partial charge in [-0.25, -0.2) is 4.79 Å². The Labute approximate surface area is 111 Å². The zero-order chi connectivity index (χ0) is 13.8. The first-order valence-electron chi connectivity index (χ1n) is 6.61. The van der Waals surface area contributed by atoms with Gasteiger partial charge in [-0.15, -0.1) is 0 Å². The summed E-state index contributed by atoms with van der Waals surface area (Å²) in [6, 6.07) is 1.30. The van der Waals surface area contributed by atoms with Gasteiger partial charge in [0.15, 0.2) is 5.69 Å². The van der Waals surface area contributed by atoms with Crippen molar-refractivity contribution < 1.29 is 19.2 Å². The summed E-state index contributed by atoms with van der Waals surface area (Å²) >= 11 is 0. The maximum Gasteiger partial charge on any atom is 0.374 e. The molecule has 1 heterocycles. The van der Waals surface area contributed by atoms with Crippen LogP contribution in [0.2, 0.25) is 0 Å². The van der Waals surface area contributed by atoms with Crippen LogP contribution in [-0.2, 0) is 0 Å². The third-order valence-corrected chi connectivity index (χ3v) is 3.65. The molecule has 2 unspecified atom stereocenters. The monoisotopic (exact) mass is 266 g/mol. The number of carbonyl (C=O) groups excluding carboxylic acids is 1. The third kappa shape index (κ3) is 3.33. The topological polar surface area (TPSA) is 92.4 Å². The van der Waals surface area contributed by atoms with Crippen LogP contribution in [0.1, 0.15) is 60.1 Å². The Bertz CT molecular complexity index is 469. The molecular formula is C13H18N2O4. The highest BCUT2D eigenvalue weighted by Gasteiger charge is 2.24. The highest BCUT2D eigenvalue weighted by molar-refractivity contribution is 5.94. The van der Waals surface area contributed by atoms with E-state index in [-0.39, 0.29) is 23.4 Å². The smallest absolute Gasteiger partial charge is 0.374 e. The molecule has 19 heavy (non-hydrogen) atoms. The summed E-state index contributed by atoms with van der Waals surface area (Å²) in [5.74, 6) is -1.25. The summed E-state index contributed by atoms with van der Waals surface area (Å²) in [7, 11) is 0. The molecule has 6 nitrogen and oxygen atoms in total. The first-order chi connectivity index (χ1) is 9.10. The minimum atomic E-state index is -1.23. The summed E-state index contributed by atoms with van der Waals surface area (Å²) in [5.41, 5.74) is 0.0241. The molecule has 104 valence electrons. The number of hydrogen-bond donors (Lipinski definition) is 2. The van der Waals surface area contributed by atoms with Crippen LogP contribution in [0.5, 0.6) is 0 Å². The van der Waals surface area contributed by atoms with Crippen LogP contribution in [-0.4, -0.2) is 28.2 Å². The molecule has 6 heteroatoms. The van der Waals surface area contributed by atoms with Crippen LogP contribution in [0.4, 0.5) is 0 Å². The fourth-order valence-corrected chi connectivity index (χ4v) is 2.54. The van der Waals surface area contributed by atoms with Gasteiger partial charge in [0, 0.05) is 12.1 Å². The van der Waals surface area contributed by atoms with Gasteiger partial charge in [0.25, 0.3) is 5.91 Å². The van der Waals surface area contributed by atoms with E-state index < -0.39 is 5.97 Å². The van der Waals surface area contributed by atoms with Crippen LogP contribution in [0.3, 0.4) is 0 Å². The molecule has 1 aliphatic rings. The Hall–Kier alpha value is -1.85. The zero-order valence-electron chi connectivity index (χ0n) is 10.9. The van der Waals surface area contributed by atoms with E-state index in [1.165, 1.54) is 6.42 Å². The molecule has 0 aliphatic heterocycles. The number of carbonyl (C=O) groups is 2. The number of nitrogens with one attached hydrogen (secondary N) is 1. The van der Waals surface area contributed by atoms with Gasteiger partial charge in [-0.2, -0.15) is 0 Å². The molecule has 0 spiro atoms. The van der Waals surface area contributed by atoms with Crippen LogP contribution in [0.25, 0.3) is 0 Å². The summed E-state index contributed by atoms with van der Waals surface area (Å²) in [5, 5.41) is 15.1. The average Bonchev–Trinajstić information content (AvgIpc) is 2.89. The number of aromatic carboxylic acids is 1. The molecule has 0 bridgehead atoms. The number of nitrogens with zero attached hydrogens (tertiary/aromatic N) is 1. The Morgan fingerprint density at radius 3 is 2.95 bits per heavy atom. The van der Waals surface area contributed by atoms with E-state index in [1.54, 1.807) is 0 Å². The molecule has 1 aromatic rings. The van der Waals surface area contributed by atoms with E-state index in [1.807, 2.05) is 0 Å². The largest absolute Gasteiger partial charge is 0.475 e. The van der Waals surface area contributed by atoms with Crippen molar-refractivity contribution in [2.45, 2.75) is 45.1 Å². The molecule has 1 fully saturated rings. The summed E-state index contributed by atoms with van der Waals surface area (Å²) in [6.07, 6.45) is 5.40. The zero-order valence-corrected chi connectivity index (χ0v) is 10.9. The highest BCUT2D eigenvalue weighted by atomic mass is 16.5.